The Morgan fingerprint density at radius 2 is 2.00 bits per heavy atom. The Bertz CT molecular complexity index is 755. The van der Waals surface area contributed by atoms with E-state index in [2.05, 4.69) is 20.2 Å². The number of piperidine rings is 1. The normalized spacial score (nSPS) is 21.9. The predicted octanol–water partition coefficient (Wildman–Crippen LogP) is 1.65. The van der Waals surface area contributed by atoms with Gasteiger partial charge in [0.1, 0.15) is 12.7 Å². The molecule has 2 aromatic rings. The molecule has 1 aromatic carbocycles. The van der Waals surface area contributed by atoms with Crippen LogP contribution in [-0.2, 0) is 4.79 Å². The molecule has 26 heavy (non-hydrogen) atoms. The zero-order valence-corrected chi connectivity index (χ0v) is 14.5. The Morgan fingerprint density at radius 1 is 1.19 bits per heavy atom. The van der Waals surface area contributed by atoms with Gasteiger partial charge in [-0.05, 0) is 31.0 Å². The fourth-order valence-electron chi connectivity index (χ4n) is 3.35. The molecule has 1 aromatic heterocycles. The third kappa shape index (κ3) is 3.71. The molecule has 0 aliphatic carbocycles. The smallest absolute Gasteiger partial charge is 0.225 e. The van der Waals surface area contributed by atoms with Crippen LogP contribution in [0.3, 0.4) is 0 Å². The van der Waals surface area contributed by atoms with Gasteiger partial charge in [0.05, 0.1) is 12.5 Å². The molecule has 1 fully saturated rings. The van der Waals surface area contributed by atoms with Crippen LogP contribution in [0.15, 0.2) is 42.7 Å². The molecule has 7 nitrogen and oxygen atoms in total. The summed E-state index contributed by atoms with van der Waals surface area (Å²) in [5, 5.41) is 3.01. The average molecular weight is 354 g/mol. The van der Waals surface area contributed by atoms with Crippen molar-refractivity contribution in [2.75, 3.05) is 31.1 Å². The van der Waals surface area contributed by atoms with Crippen LogP contribution in [0.25, 0.3) is 0 Å². The van der Waals surface area contributed by atoms with Gasteiger partial charge in [-0.1, -0.05) is 12.1 Å². The summed E-state index contributed by atoms with van der Waals surface area (Å²) in [6.45, 7) is 2.39. The van der Waals surface area contributed by atoms with E-state index in [4.69, 9.17) is 9.47 Å². The summed E-state index contributed by atoms with van der Waals surface area (Å²) < 4.78 is 11.6. The summed E-state index contributed by atoms with van der Waals surface area (Å²) in [6.07, 6.45) is 5.10. The Balaban J connectivity index is 1.30. The molecule has 0 bridgehead atoms. The van der Waals surface area contributed by atoms with Crippen LogP contribution < -0.4 is 19.7 Å². The second kappa shape index (κ2) is 7.59. The van der Waals surface area contributed by atoms with Gasteiger partial charge in [-0.2, -0.15) is 0 Å². The maximum atomic E-state index is 12.6. The van der Waals surface area contributed by atoms with Gasteiger partial charge in [0.25, 0.3) is 0 Å². The van der Waals surface area contributed by atoms with Crippen LogP contribution in [-0.4, -0.2) is 48.2 Å². The lowest BCUT2D eigenvalue weighted by Gasteiger charge is -2.32. The third-order valence-electron chi connectivity index (χ3n) is 4.70. The van der Waals surface area contributed by atoms with E-state index in [1.165, 1.54) is 0 Å². The van der Waals surface area contributed by atoms with Crippen molar-refractivity contribution in [2.24, 2.45) is 5.92 Å². The number of ether oxygens (including phenoxy) is 2. The van der Waals surface area contributed by atoms with Gasteiger partial charge in [0.2, 0.25) is 11.9 Å². The number of nitrogens with zero attached hydrogens (tertiary/aromatic N) is 3. The SMILES string of the molecule is O=C(NCC1COc2ccccc2O1)C1CCCN(c2ncccn2)C1. The first-order chi connectivity index (χ1) is 12.8. The van der Waals surface area contributed by atoms with Crippen molar-refractivity contribution in [1.29, 1.82) is 0 Å². The van der Waals surface area contributed by atoms with Crippen molar-refractivity contribution >= 4 is 11.9 Å². The van der Waals surface area contributed by atoms with Crippen molar-refractivity contribution in [3.05, 3.63) is 42.7 Å². The van der Waals surface area contributed by atoms with Crippen LogP contribution in [0.1, 0.15) is 12.8 Å². The number of fused-ring (bicyclic) bond motifs is 1. The maximum Gasteiger partial charge on any atom is 0.225 e. The minimum Gasteiger partial charge on any atom is -0.486 e. The van der Waals surface area contributed by atoms with Gasteiger partial charge in [-0.25, -0.2) is 9.97 Å². The van der Waals surface area contributed by atoms with E-state index in [1.807, 2.05) is 24.3 Å². The molecule has 2 aliphatic rings. The molecule has 1 saturated heterocycles. The number of rotatable bonds is 4. The molecule has 1 N–H and O–H groups in total. The lowest BCUT2D eigenvalue weighted by Crippen LogP contribution is -2.47. The number of anilines is 1. The molecule has 2 aliphatic heterocycles. The number of para-hydroxylation sites is 2. The van der Waals surface area contributed by atoms with Crippen molar-refractivity contribution < 1.29 is 14.3 Å². The molecule has 0 spiro atoms. The monoisotopic (exact) mass is 354 g/mol. The summed E-state index contributed by atoms with van der Waals surface area (Å²) in [5.74, 6) is 2.15. The van der Waals surface area contributed by atoms with Crippen LogP contribution in [0.4, 0.5) is 5.95 Å². The van der Waals surface area contributed by atoms with E-state index >= 15 is 0 Å². The molecular weight excluding hydrogens is 332 g/mol. The first kappa shape index (κ1) is 16.6. The third-order valence-corrected chi connectivity index (χ3v) is 4.70. The molecule has 4 rings (SSSR count). The first-order valence-corrected chi connectivity index (χ1v) is 8.98. The number of aromatic nitrogens is 2. The zero-order valence-electron chi connectivity index (χ0n) is 14.5. The maximum absolute atomic E-state index is 12.6. The fraction of sp³-hybridized carbons (Fsp3) is 0.421. The summed E-state index contributed by atoms with van der Waals surface area (Å²) in [6, 6.07) is 9.37. The molecule has 0 saturated carbocycles. The zero-order chi connectivity index (χ0) is 17.8. The number of hydrogen-bond donors (Lipinski definition) is 1. The van der Waals surface area contributed by atoms with E-state index in [0.717, 1.165) is 30.9 Å². The summed E-state index contributed by atoms with van der Waals surface area (Å²) in [4.78, 5) is 23.2. The number of carbonyl (C=O) groups is 1. The van der Waals surface area contributed by atoms with Crippen LogP contribution in [0, 0.1) is 5.92 Å². The first-order valence-electron chi connectivity index (χ1n) is 8.98. The Hall–Kier alpha value is -2.83. The van der Waals surface area contributed by atoms with Crippen molar-refractivity contribution in [3.8, 4) is 11.5 Å². The second-order valence-corrected chi connectivity index (χ2v) is 6.58. The van der Waals surface area contributed by atoms with Gasteiger partial charge in [-0.3, -0.25) is 4.79 Å². The van der Waals surface area contributed by atoms with Crippen molar-refractivity contribution in [2.45, 2.75) is 18.9 Å². The fourth-order valence-corrected chi connectivity index (χ4v) is 3.35. The lowest BCUT2D eigenvalue weighted by atomic mass is 9.97. The lowest BCUT2D eigenvalue weighted by molar-refractivity contribution is -0.125. The van der Waals surface area contributed by atoms with Crippen LogP contribution >= 0.6 is 0 Å². The molecule has 136 valence electrons. The highest BCUT2D eigenvalue weighted by Gasteiger charge is 2.28. The average Bonchev–Trinajstić information content (AvgIpc) is 2.72. The van der Waals surface area contributed by atoms with Crippen LogP contribution in [0.5, 0.6) is 11.5 Å². The Labute approximate surface area is 152 Å². The van der Waals surface area contributed by atoms with Crippen LogP contribution in [0.2, 0.25) is 0 Å². The number of carbonyl (C=O) groups excluding carboxylic acids is 1. The van der Waals surface area contributed by atoms with E-state index < -0.39 is 0 Å². The minimum atomic E-state index is -0.175. The number of nitrogens with one attached hydrogen (secondary N) is 1. The van der Waals surface area contributed by atoms with Gasteiger partial charge in [0, 0.05) is 25.5 Å². The molecule has 1 amide bonds. The van der Waals surface area contributed by atoms with Gasteiger partial charge in [-0.15, -0.1) is 0 Å². The largest absolute Gasteiger partial charge is 0.486 e. The van der Waals surface area contributed by atoms with E-state index in [9.17, 15) is 4.79 Å². The topological polar surface area (TPSA) is 76.6 Å². The van der Waals surface area contributed by atoms with Gasteiger partial charge >= 0.3 is 0 Å². The highest BCUT2D eigenvalue weighted by atomic mass is 16.6. The second-order valence-electron chi connectivity index (χ2n) is 6.58. The van der Waals surface area contributed by atoms with Gasteiger partial charge < -0.3 is 19.7 Å². The quantitative estimate of drug-likeness (QED) is 0.900. The number of benzene rings is 1. The summed E-state index contributed by atoms with van der Waals surface area (Å²) in [5.41, 5.74) is 0. The molecule has 7 heteroatoms. The molecule has 2 unspecified atom stereocenters. The Kier molecular flexibility index (Phi) is 4.86. The van der Waals surface area contributed by atoms with Crippen molar-refractivity contribution in [1.82, 2.24) is 15.3 Å². The predicted molar refractivity (Wildman–Crippen MR) is 96.3 cm³/mol. The van der Waals surface area contributed by atoms with E-state index in [-0.39, 0.29) is 17.9 Å². The minimum absolute atomic E-state index is 0.0492. The standard InChI is InChI=1S/C19H22N4O3/c24-18(14-5-3-10-23(12-14)19-20-8-4-9-21-19)22-11-15-13-25-16-6-1-2-7-17(16)26-15/h1-2,4,6-9,14-15H,3,5,10-13H2,(H,22,24). The Morgan fingerprint density at radius 3 is 2.85 bits per heavy atom. The van der Waals surface area contributed by atoms with Crippen molar-refractivity contribution in [3.63, 3.8) is 0 Å². The molecule has 0 radical (unpaired) electrons. The highest BCUT2D eigenvalue weighted by molar-refractivity contribution is 5.79. The summed E-state index contributed by atoms with van der Waals surface area (Å²) in [7, 11) is 0. The van der Waals surface area contributed by atoms with E-state index in [0.29, 0.717) is 25.6 Å². The number of hydrogen-bond acceptors (Lipinski definition) is 6. The molecule has 2 atom stereocenters. The summed E-state index contributed by atoms with van der Waals surface area (Å²) >= 11 is 0. The highest BCUT2D eigenvalue weighted by Crippen LogP contribution is 2.30. The van der Waals surface area contributed by atoms with Gasteiger partial charge in [0.15, 0.2) is 11.5 Å². The molecular formula is C19H22N4O3. The number of amides is 1. The molecule has 3 heterocycles. The van der Waals surface area contributed by atoms with E-state index in [1.54, 1.807) is 18.5 Å².